The average Bonchev–Trinajstić information content (AvgIpc) is 3.26. The van der Waals surface area contributed by atoms with Crippen LogP contribution in [0.3, 0.4) is 0 Å². The number of carbonyl (C=O) groups excluding carboxylic acids is 1. The van der Waals surface area contributed by atoms with E-state index in [-0.39, 0.29) is 28.6 Å². The summed E-state index contributed by atoms with van der Waals surface area (Å²) < 4.78 is 43.0. The number of ether oxygens (including phenoxy) is 2. The van der Waals surface area contributed by atoms with E-state index in [1.54, 1.807) is 31.4 Å². The molecule has 0 aliphatic rings. The maximum Gasteiger partial charge on any atom is 0.254 e. The van der Waals surface area contributed by atoms with Gasteiger partial charge in [0.1, 0.15) is 11.5 Å². The van der Waals surface area contributed by atoms with E-state index in [1.165, 1.54) is 32.4 Å². The molecule has 2 N–H and O–H groups in total. The van der Waals surface area contributed by atoms with Crippen molar-refractivity contribution in [2.45, 2.75) is 11.4 Å². The number of benzene rings is 2. The maximum atomic E-state index is 12.6. The van der Waals surface area contributed by atoms with Gasteiger partial charge in [-0.1, -0.05) is 5.16 Å². The number of nitrogens with zero attached hydrogens (tertiary/aromatic N) is 2. The van der Waals surface area contributed by atoms with E-state index in [2.05, 4.69) is 20.2 Å². The van der Waals surface area contributed by atoms with Crippen LogP contribution in [0.1, 0.15) is 16.2 Å². The quantitative estimate of drug-likeness (QED) is 0.548. The fraction of sp³-hybridized carbons (Fsp3) is 0.211. The Morgan fingerprint density at radius 1 is 1.10 bits per heavy atom. The number of amides is 1. The minimum Gasteiger partial charge on any atom is -0.497 e. The summed E-state index contributed by atoms with van der Waals surface area (Å²) in [5.41, 5.74) is 0.793. The molecule has 0 spiro atoms. The Balaban J connectivity index is 1.75. The Bertz CT molecular complexity index is 1140. The lowest BCUT2D eigenvalue weighted by Gasteiger charge is -2.10. The molecule has 0 saturated carbocycles. The largest absolute Gasteiger partial charge is 0.497 e. The van der Waals surface area contributed by atoms with E-state index >= 15 is 0 Å². The van der Waals surface area contributed by atoms with Gasteiger partial charge in [0.05, 0.1) is 31.2 Å². The molecule has 0 atom stereocenters. The molecular formula is C19H20N4O6S. The molecule has 3 rings (SSSR count). The zero-order valence-corrected chi connectivity index (χ0v) is 17.3. The van der Waals surface area contributed by atoms with E-state index in [0.29, 0.717) is 17.1 Å². The van der Waals surface area contributed by atoms with Crippen LogP contribution < -0.4 is 19.5 Å². The lowest BCUT2D eigenvalue weighted by Crippen LogP contribution is -2.24. The highest BCUT2D eigenvalue weighted by atomic mass is 32.2. The number of carbonyl (C=O) groups is 1. The van der Waals surface area contributed by atoms with Crippen molar-refractivity contribution in [2.75, 3.05) is 21.3 Å². The van der Waals surface area contributed by atoms with E-state index in [0.717, 1.165) is 0 Å². The Kier molecular flexibility index (Phi) is 6.33. The van der Waals surface area contributed by atoms with Crippen molar-refractivity contribution in [1.29, 1.82) is 0 Å². The fourth-order valence-electron chi connectivity index (χ4n) is 2.59. The molecular weight excluding hydrogens is 412 g/mol. The van der Waals surface area contributed by atoms with Gasteiger partial charge < -0.3 is 19.3 Å². The zero-order chi connectivity index (χ0) is 21.7. The molecule has 30 heavy (non-hydrogen) atoms. The van der Waals surface area contributed by atoms with E-state index in [4.69, 9.17) is 14.0 Å². The third-order valence-electron chi connectivity index (χ3n) is 4.18. The van der Waals surface area contributed by atoms with Gasteiger partial charge in [0.15, 0.2) is 0 Å². The normalized spacial score (nSPS) is 11.2. The van der Waals surface area contributed by atoms with Crippen molar-refractivity contribution in [1.82, 2.24) is 20.2 Å². The van der Waals surface area contributed by atoms with Gasteiger partial charge in [-0.3, -0.25) is 4.79 Å². The molecule has 1 heterocycles. The second kappa shape index (κ2) is 8.93. The summed E-state index contributed by atoms with van der Waals surface area (Å²) in [6.45, 7) is -0.215. The van der Waals surface area contributed by atoms with E-state index < -0.39 is 15.9 Å². The van der Waals surface area contributed by atoms with Crippen LogP contribution in [0.5, 0.6) is 11.5 Å². The summed E-state index contributed by atoms with van der Waals surface area (Å²) in [6, 6.07) is 11.0. The molecule has 158 valence electrons. The molecule has 0 fully saturated rings. The Morgan fingerprint density at radius 2 is 1.83 bits per heavy atom. The standard InChI is InChI=1S/C19H20N4O6S/c1-20-19(24)15-10-14(8-9-16(15)28-3)30(25,26)21-11-17-22-18(23-29-17)12-4-6-13(27-2)7-5-12/h4-10,21H,11H2,1-3H3,(H,20,24). The van der Waals surface area contributed by atoms with Crippen molar-refractivity contribution in [3.8, 4) is 22.9 Å². The minimum atomic E-state index is -3.94. The molecule has 2 aromatic carbocycles. The molecule has 3 aromatic rings. The molecule has 0 saturated heterocycles. The maximum absolute atomic E-state index is 12.6. The van der Waals surface area contributed by atoms with Gasteiger partial charge in [0.2, 0.25) is 21.7 Å². The summed E-state index contributed by atoms with van der Waals surface area (Å²) in [7, 11) is 0.456. The highest BCUT2D eigenvalue weighted by Gasteiger charge is 2.20. The van der Waals surface area contributed by atoms with Gasteiger partial charge >= 0.3 is 0 Å². The van der Waals surface area contributed by atoms with Gasteiger partial charge in [-0.2, -0.15) is 4.98 Å². The van der Waals surface area contributed by atoms with Gasteiger partial charge in [-0.25, -0.2) is 13.1 Å². The number of nitrogens with one attached hydrogen (secondary N) is 2. The smallest absolute Gasteiger partial charge is 0.254 e. The lowest BCUT2D eigenvalue weighted by molar-refractivity contribution is 0.0960. The topological polar surface area (TPSA) is 133 Å². The van der Waals surface area contributed by atoms with E-state index in [9.17, 15) is 13.2 Å². The molecule has 0 radical (unpaired) electrons. The fourth-order valence-corrected chi connectivity index (χ4v) is 3.59. The molecule has 0 unspecified atom stereocenters. The predicted molar refractivity (Wildman–Crippen MR) is 107 cm³/mol. The molecule has 1 amide bonds. The molecule has 10 nitrogen and oxygen atoms in total. The second-order valence-corrected chi connectivity index (χ2v) is 7.77. The highest BCUT2D eigenvalue weighted by molar-refractivity contribution is 7.89. The summed E-state index contributed by atoms with van der Waals surface area (Å²) >= 11 is 0. The van der Waals surface area contributed by atoms with Crippen LogP contribution >= 0.6 is 0 Å². The highest BCUT2D eigenvalue weighted by Crippen LogP contribution is 2.23. The van der Waals surface area contributed by atoms with Crippen LogP contribution in [0.15, 0.2) is 51.9 Å². The van der Waals surface area contributed by atoms with Gasteiger partial charge in [0, 0.05) is 12.6 Å². The monoisotopic (exact) mass is 432 g/mol. The summed E-state index contributed by atoms with van der Waals surface area (Å²) in [6.07, 6.45) is 0. The first-order valence-electron chi connectivity index (χ1n) is 8.74. The molecule has 1 aromatic heterocycles. The van der Waals surface area contributed by atoms with Crippen LogP contribution in [0.2, 0.25) is 0 Å². The lowest BCUT2D eigenvalue weighted by atomic mass is 10.2. The van der Waals surface area contributed by atoms with E-state index in [1.807, 2.05) is 0 Å². The summed E-state index contributed by atoms with van der Waals surface area (Å²) in [5, 5.41) is 6.30. The van der Waals surface area contributed by atoms with Crippen LogP contribution in [-0.2, 0) is 16.6 Å². The van der Waals surface area contributed by atoms with Crippen molar-refractivity contribution in [3.63, 3.8) is 0 Å². The molecule has 11 heteroatoms. The molecule has 0 aliphatic carbocycles. The van der Waals surface area contributed by atoms with Gasteiger partial charge in [0.25, 0.3) is 5.91 Å². The second-order valence-electron chi connectivity index (χ2n) is 6.01. The first-order chi connectivity index (χ1) is 14.4. The van der Waals surface area contributed by atoms with Crippen LogP contribution in [0.25, 0.3) is 11.4 Å². The van der Waals surface area contributed by atoms with Crippen molar-refractivity contribution < 1.29 is 27.2 Å². The minimum absolute atomic E-state index is 0.0874. The third kappa shape index (κ3) is 4.58. The van der Waals surface area contributed by atoms with Crippen molar-refractivity contribution in [3.05, 3.63) is 53.9 Å². The molecule has 0 aliphatic heterocycles. The first kappa shape index (κ1) is 21.3. The zero-order valence-electron chi connectivity index (χ0n) is 16.5. The van der Waals surface area contributed by atoms with Crippen LogP contribution in [0.4, 0.5) is 0 Å². The Hall–Kier alpha value is -3.44. The summed E-state index contributed by atoms with van der Waals surface area (Å²) in [5.74, 6) is 0.882. The van der Waals surface area contributed by atoms with Gasteiger partial charge in [-0.15, -0.1) is 0 Å². The number of sulfonamides is 1. The van der Waals surface area contributed by atoms with Crippen LogP contribution in [0, 0.1) is 0 Å². The Labute approximate surface area is 173 Å². The van der Waals surface area contributed by atoms with Crippen molar-refractivity contribution >= 4 is 15.9 Å². The third-order valence-corrected chi connectivity index (χ3v) is 5.58. The molecule has 0 bridgehead atoms. The summed E-state index contributed by atoms with van der Waals surface area (Å²) in [4.78, 5) is 16.1. The first-order valence-corrected chi connectivity index (χ1v) is 10.2. The number of hydrogen-bond acceptors (Lipinski definition) is 8. The van der Waals surface area contributed by atoms with Crippen LogP contribution in [-0.4, -0.2) is 45.7 Å². The number of hydrogen-bond donors (Lipinski definition) is 2. The van der Waals surface area contributed by atoms with Gasteiger partial charge in [-0.05, 0) is 42.5 Å². The number of methoxy groups -OCH3 is 2. The predicted octanol–water partition coefficient (Wildman–Crippen LogP) is 1.59. The Morgan fingerprint density at radius 3 is 2.47 bits per heavy atom. The average molecular weight is 432 g/mol. The number of aromatic nitrogens is 2. The number of rotatable bonds is 8. The SMILES string of the molecule is CNC(=O)c1cc(S(=O)(=O)NCc2nc(-c3ccc(OC)cc3)no2)ccc1OC. The van der Waals surface area contributed by atoms with Crippen molar-refractivity contribution in [2.24, 2.45) is 0 Å².